The minimum Gasteiger partial charge on any atom is -0.366 e. The third-order valence-electron chi connectivity index (χ3n) is 3.59. The summed E-state index contributed by atoms with van der Waals surface area (Å²) in [5.41, 5.74) is 4.65. The van der Waals surface area contributed by atoms with Crippen LogP contribution in [0.25, 0.3) is 22.5 Å². The maximum Gasteiger partial charge on any atom is 2.00 e. The summed E-state index contributed by atoms with van der Waals surface area (Å²) >= 11 is 0. The van der Waals surface area contributed by atoms with E-state index in [1.807, 2.05) is 84.9 Å². The minimum absolute atomic E-state index is 0. The average Bonchev–Trinajstić information content (AvgIpc) is 2.76. The fourth-order valence-electron chi connectivity index (χ4n) is 2.33. The number of aromatic nitrogens is 2. The van der Waals surface area contributed by atoms with Gasteiger partial charge in [-0.1, -0.05) is 53.6 Å². The van der Waals surface area contributed by atoms with Crippen LogP contribution in [0.1, 0.15) is 5.56 Å². The molecule has 2 aromatic heterocycles. The molecule has 2 aromatic carbocycles. The average molecular weight is 391 g/mol. The topological polar surface area (TPSA) is 25.8 Å². The Morgan fingerprint density at radius 1 is 0.630 bits per heavy atom. The molecular formula is C24H16N2Ni. The summed E-state index contributed by atoms with van der Waals surface area (Å²) < 4.78 is 0. The maximum atomic E-state index is 6.69. The van der Waals surface area contributed by atoms with Crippen LogP contribution in [0.5, 0.6) is 0 Å². The quantitative estimate of drug-likeness (QED) is 0.266. The predicted octanol–water partition coefficient (Wildman–Crippen LogP) is 5.23. The summed E-state index contributed by atoms with van der Waals surface area (Å²) in [6.45, 7) is 0. The number of rotatable bonds is 2. The molecule has 0 saturated heterocycles. The van der Waals surface area contributed by atoms with Crippen LogP contribution in [0.2, 0.25) is 0 Å². The van der Waals surface area contributed by atoms with Gasteiger partial charge in [0.2, 0.25) is 0 Å². The van der Waals surface area contributed by atoms with E-state index in [1.165, 1.54) is 0 Å². The molecule has 4 rings (SSSR count). The molecule has 0 N–H and O–H groups in total. The van der Waals surface area contributed by atoms with Crippen LogP contribution in [-0.2, 0) is 16.5 Å². The van der Waals surface area contributed by atoms with E-state index in [1.54, 1.807) is 12.4 Å². The predicted molar refractivity (Wildman–Crippen MR) is 104 cm³/mol. The van der Waals surface area contributed by atoms with Gasteiger partial charge < -0.3 is 6.42 Å². The molecule has 132 valence electrons. The number of benzene rings is 2. The molecule has 0 atom stereocenters. The maximum absolute atomic E-state index is 6.69. The van der Waals surface area contributed by atoms with Gasteiger partial charge in [-0.15, -0.1) is 42.0 Å². The van der Waals surface area contributed by atoms with Crippen LogP contribution in [0.15, 0.2) is 97.3 Å². The van der Waals surface area contributed by atoms with E-state index < -0.39 is 0 Å². The first-order valence-electron chi connectivity index (χ1n) is 8.20. The Hall–Kier alpha value is -3.21. The van der Waals surface area contributed by atoms with E-state index in [0.29, 0.717) is 0 Å². The van der Waals surface area contributed by atoms with Gasteiger partial charge in [-0.05, 0) is 12.1 Å². The molecule has 2 nitrogen and oxygen atoms in total. The fraction of sp³-hybridized carbons (Fsp3) is 0. The smallest absolute Gasteiger partial charge is 0.366 e. The molecule has 0 saturated carbocycles. The number of nitrogens with zero attached hydrogens (tertiary/aromatic N) is 2. The van der Waals surface area contributed by atoms with Crippen molar-refractivity contribution in [2.24, 2.45) is 0 Å². The molecular weight excluding hydrogens is 375 g/mol. The Morgan fingerprint density at radius 2 is 1.15 bits per heavy atom. The third-order valence-corrected chi connectivity index (χ3v) is 3.59. The number of pyridine rings is 2. The molecule has 0 radical (unpaired) electrons. The molecule has 4 aromatic rings. The minimum atomic E-state index is 0. The Balaban J connectivity index is 0.000000247. The normalized spacial score (nSPS) is 9.15. The molecule has 0 unspecified atom stereocenters. The van der Waals surface area contributed by atoms with Crippen molar-refractivity contribution in [1.82, 2.24) is 9.97 Å². The van der Waals surface area contributed by atoms with Gasteiger partial charge in [0.25, 0.3) is 0 Å². The van der Waals surface area contributed by atoms with Crippen molar-refractivity contribution in [3.05, 3.63) is 115 Å². The summed E-state index contributed by atoms with van der Waals surface area (Å²) in [6.07, 6.45) is 10.3. The molecule has 27 heavy (non-hydrogen) atoms. The van der Waals surface area contributed by atoms with E-state index in [4.69, 9.17) is 6.42 Å². The first-order chi connectivity index (χ1) is 12.9. The van der Waals surface area contributed by atoms with Crippen molar-refractivity contribution in [2.75, 3.05) is 0 Å². The summed E-state index contributed by atoms with van der Waals surface area (Å²) in [4.78, 5) is 8.66. The van der Waals surface area contributed by atoms with E-state index >= 15 is 0 Å². The van der Waals surface area contributed by atoms with Gasteiger partial charge in [-0.25, -0.2) is 0 Å². The Morgan fingerprint density at radius 3 is 1.56 bits per heavy atom. The van der Waals surface area contributed by atoms with Crippen LogP contribution >= 0.6 is 0 Å². The summed E-state index contributed by atoms with van der Waals surface area (Å²) in [7, 11) is 0. The zero-order chi connectivity index (χ0) is 18.0. The SMILES string of the molecule is [C-]#Cc1ccccc1.[Ni+2].[c-]1c(-c2ccccn2)cccc1-c1ccccn1. The Kier molecular flexibility index (Phi) is 7.98. The van der Waals surface area contributed by atoms with Gasteiger partial charge in [-0.2, -0.15) is 0 Å². The first-order valence-corrected chi connectivity index (χ1v) is 8.20. The van der Waals surface area contributed by atoms with Gasteiger partial charge in [-0.3, -0.25) is 15.9 Å². The molecule has 0 aliphatic heterocycles. The van der Waals surface area contributed by atoms with Crippen molar-refractivity contribution in [3.63, 3.8) is 0 Å². The van der Waals surface area contributed by atoms with Crippen LogP contribution in [0, 0.1) is 18.4 Å². The van der Waals surface area contributed by atoms with Crippen molar-refractivity contribution in [1.29, 1.82) is 0 Å². The zero-order valence-electron chi connectivity index (χ0n) is 14.4. The van der Waals surface area contributed by atoms with Crippen LogP contribution in [0.3, 0.4) is 0 Å². The van der Waals surface area contributed by atoms with Crippen LogP contribution < -0.4 is 0 Å². The standard InChI is InChI=1S/C16H11N2.C8H5.Ni/c1-3-10-17-15(8-1)13-6-5-7-14(12-13)16-9-2-4-11-18-16;1-2-8-6-4-3-5-7-8;/h1-11H;3-7H;/q2*-1;+2. The molecule has 2 heterocycles. The number of hydrogen-bond acceptors (Lipinski definition) is 2. The van der Waals surface area contributed by atoms with Gasteiger partial charge in [0.1, 0.15) is 0 Å². The Labute approximate surface area is 170 Å². The summed E-state index contributed by atoms with van der Waals surface area (Å²) in [5.74, 6) is 2.28. The van der Waals surface area contributed by atoms with Crippen LogP contribution in [-0.4, -0.2) is 9.97 Å². The van der Waals surface area contributed by atoms with E-state index in [0.717, 1.165) is 28.1 Å². The molecule has 0 spiro atoms. The molecule has 3 heteroatoms. The Bertz CT molecular complexity index is 924. The first kappa shape index (κ1) is 20.1. The molecule has 0 fully saturated rings. The van der Waals surface area contributed by atoms with Crippen molar-refractivity contribution >= 4 is 0 Å². The van der Waals surface area contributed by atoms with Gasteiger partial charge in [0, 0.05) is 23.8 Å². The fourth-order valence-corrected chi connectivity index (χ4v) is 2.33. The number of hydrogen-bond donors (Lipinski definition) is 0. The molecule has 0 bridgehead atoms. The van der Waals surface area contributed by atoms with E-state index in [2.05, 4.69) is 22.0 Å². The van der Waals surface area contributed by atoms with Gasteiger partial charge in [0.05, 0.1) is 0 Å². The van der Waals surface area contributed by atoms with E-state index in [9.17, 15) is 0 Å². The second-order valence-corrected chi connectivity index (χ2v) is 5.40. The summed E-state index contributed by atoms with van der Waals surface area (Å²) in [6, 6.07) is 30.5. The molecule has 0 aliphatic carbocycles. The van der Waals surface area contributed by atoms with Crippen molar-refractivity contribution < 1.29 is 16.5 Å². The molecule has 0 amide bonds. The van der Waals surface area contributed by atoms with Gasteiger partial charge in [0.15, 0.2) is 0 Å². The largest absolute Gasteiger partial charge is 2.00 e. The van der Waals surface area contributed by atoms with Crippen molar-refractivity contribution in [3.8, 4) is 28.4 Å². The monoisotopic (exact) mass is 390 g/mol. The summed E-state index contributed by atoms with van der Waals surface area (Å²) in [5, 5.41) is 0. The van der Waals surface area contributed by atoms with E-state index in [-0.39, 0.29) is 16.5 Å². The third kappa shape index (κ3) is 5.92. The zero-order valence-corrected chi connectivity index (χ0v) is 15.4. The van der Waals surface area contributed by atoms with Gasteiger partial charge >= 0.3 is 16.5 Å². The second-order valence-electron chi connectivity index (χ2n) is 5.40. The molecule has 0 aliphatic rings. The van der Waals surface area contributed by atoms with Crippen LogP contribution in [0.4, 0.5) is 0 Å². The van der Waals surface area contributed by atoms with Crippen molar-refractivity contribution in [2.45, 2.75) is 0 Å². The second kappa shape index (κ2) is 10.7.